The van der Waals surface area contributed by atoms with Crippen molar-refractivity contribution in [2.75, 3.05) is 10.5 Å². The van der Waals surface area contributed by atoms with E-state index in [1.165, 1.54) is 5.56 Å². The summed E-state index contributed by atoms with van der Waals surface area (Å²) in [5.74, 6) is 0.507. The van der Waals surface area contributed by atoms with Gasteiger partial charge in [-0.1, -0.05) is 43.2 Å². The SMILES string of the molecule is CCCCS(=O)(=O)Nc1ccn(Cc2ccc(C)cc2)n1. The Hall–Kier alpha value is -1.82. The number of nitrogens with zero attached hydrogens (tertiary/aromatic N) is 2. The van der Waals surface area contributed by atoms with Crippen molar-refractivity contribution >= 4 is 15.8 Å². The first kappa shape index (κ1) is 15.6. The summed E-state index contributed by atoms with van der Waals surface area (Å²) < 4.78 is 27.8. The number of unbranched alkanes of at least 4 members (excludes halogenated alkanes) is 1. The van der Waals surface area contributed by atoms with Crippen molar-refractivity contribution in [2.24, 2.45) is 0 Å². The van der Waals surface area contributed by atoms with E-state index >= 15 is 0 Å². The minimum absolute atomic E-state index is 0.133. The Morgan fingerprint density at radius 3 is 2.57 bits per heavy atom. The molecule has 1 aromatic heterocycles. The maximum absolute atomic E-state index is 11.8. The van der Waals surface area contributed by atoms with E-state index in [4.69, 9.17) is 0 Å². The Labute approximate surface area is 126 Å². The highest BCUT2D eigenvalue weighted by Gasteiger charge is 2.11. The molecule has 0 atom stereocenters. The number of benzene rings is 1. The third-order valence-corrected chi connectivity index (χ3v) is 4.48. The van der Waals surface area contributed by atoms with Crippen LogP contribution < -0.4 is 4.72 Å². The Kier molecular flexibility index (Phi) is 5.01. The molecule has 0 radical (unpaired) electrons. The summed E-state index contributed by atoms with van der Waals surface area (Å²) in [7, 11) is -3.29. The van der Waals surface area contributed by atoms with Gasteiger partial charge in [-0.15, -0.1) is 0 Å². The molecular formula is C15H21N3O2S. The average Bonchev–Trinajstić information content (AvgIpc) is 2.85. The van der Waals surface area contributed by atoms with Crippen molar-refractivity contribution in [1.29, 1.82) is 0 Å². The molecule has 2 rings (SSSR count). The number of anilines is 1. The van der Waals surface area contributed by atoms with Crippen molar-refractivity contribution in [1.82, 2.24) is 9.78 Å². The third kappa shape index (κ3) is 4.90. The Morgan fingerprint density at radius 2 is 1.90 bits per heavy atom. The Morgan fingerprint density at radius 1 is 1.19 bits per heavy atom. The van der Waals surface area contributed by atoms with Gasteiger partial charge in [0, 0.05) is 12.3 Å². The van der Waals surface area contributed by atoms with Crippen LogP contribution in [-0.4, -0.2) is 24.0 Å². The fourth-order valence-electron chi connectivity index (χ4n) is 1.93. The summed E-state index contributed by atoms with van der Waals surface area (Å²) in [6.45, 7) is 4.63. The van der Waals surface area contributed by atoms with Gasteiger partial charge in [0.2, 0.25) is 10.0 Å². The molecule has 0 saturated carbocycles. The zero-order valence-corrected chi connectivity index (χ0v) is 13.2. The Balaban J connectivity index is 1.99. The van der Waals surface area contributed by atoms with Crippen molar-refractivity contribution in [3.8, 4) is 0 Å². The second-order valence-corrected chi connectivity index (χ2v) is 7.00. The first-order valence-electron chi connectivity index (χ1n) is 7.08. The molecule has 114 valence electrons. The normalized spacial score (nSPS) is 11.5. The van der Waals surface area contributed by atoms with Crippen LogP contribution in [-0.2, 0) is 16.6 Å². The molecule has 0 amide bonds. The highest BCUT2D eigenvalue weighted by atomic mass is 32.2. The van der Waals surface area contributed by atoms with Gasteiger partial charge in [-0.2, -0.15) is 5.10 Å². The molecule has 1 aromatic carbocycles. The van der Waals surface area contributed by atoms with Gasteiger partial charge in [-0.25, -0.2) is 8.42 Å². The van der Waals surface area contributed by atoms with Gasteiger partial charge >= 0.3 is 0 Å². The lowest BCUT2D eigenvalue weighted by molar-refractivity contribution is 0.597. The van der Waals surface area contributed by atoms with Crippen molar-refractivity contribution in [3.63, 3.8) is 0 Å². The molecule has 0 aliphatic heterocycles. The van der Waals surface area contributed by atoms with Crippen LogP contribution in [0.1, 0.15) is 30.9 Å². The molecule has 1 N–H and O–H groups in total. The number of nitrogens with one attached hydrogen (secondary N) is 1. The number of aryl methyl sites for hydroxylation is 1. The van der Waals surface area contributed by atoms with Crippen molar-refractivity contribution in [3.05, 3.63) is 47.7 Å². The summed E-state index contributed by atoms with van der Waals surface area (Å²) in [5.41, 5.74) is 2.34. The van der Waals surface area contributed by atoms with Crippen LogP contribution in [0, 0.1) is 6.92 Å². The number of hydrogen-bond donors (Lipinski definition) is 1. The second-order valence-electron chi connectivity index (χ2n) is 5.16. The fourth-order valence-corrected chi connectivity index (χ4v) is 3.13. The van der Waals surface area contributed by atoms with Crippen LogP contribution in [0.3, 0.4) is 0 Å². The number of hydrogen-bond acceptors (Lipinski definition) is 3. The van der Waals surface area contributed by atoms with Crippen LogP contribution in [0.2, 0.25) is 0 Å². The molecule has 0 aliphatic rings. The third-order valence-electron chi connectivity index (χ3n) is 3.13. The number of sulfonamides is 1. The molecule has 0 bridgehead atoms. The largest absolute Gasteiger partial charge is 0.266 e. The van der Waals surface area contributed by atoms with E-state index in [0.717, 1.165) is 12.0 Å². The zero-order valence-electron chi connectivity index (χ0n) is 12.4. The van der Waals surface area contributed by atoms with Gasteiger partial charge < -0.3 is 0 Å². The van der Waals surface area contributed by atoms with Gasteiger partial charge in [0.25, 0.3) is 0 Å². The lowest BCUT2D eigenvalue weighted by Gasteiger charge is -2.05. The summed E-state index contributed by atoms with van der Waals surface area (Å²) in [5, 5.41) is 4.25. The van der Waals surface area contributed by atoms with Gasteiger partial charge in [-0.3, -0.25) is 9.40 Å². The Bertz CT molecular complexity index is 675. The van der Waals surface area contributed by atoms with Gasteiger partial charge in [-0.05, 0) is 18.9 Å². The average molecular weight is 307 g/mol. The molecule has 1 heterocycles. The lowest BCUT2D eigenvalue weighted by atomic mass is 10.1. The summed E-state index contributed by atoms with van der Waals surface area (Å²) in [6, 6.07) is 9.86. The van der Waals surface area contributed by atoms with Crippen molar-refractivity contribution < 1.29 is 8.42 Å². The smallest absolute Gasteiger partial charge is 0.233 e. The minimum atomic E-state index is -3.29. The standard InChI is InChI=1S/C15H21N3O2S/c1-3-4-11-21(19,20)17-15-9-10-18(16-15)12-14-7-5-13(2)6-8-14/h5-10H,3-4,11-12H2,1-2H3,(H,16,17). The molecule has 5 nitrogen and oxygen atoms in total. The summed E-state index contributed by atoms with van der Waals surface area (Å²) >= 11 is 0. The van der Waals surface area contributed by atoms with E-state index in [2.05, 4.69) is 9.82 Å². The highest BCUT2D eigenvalue weighted by molar-refractivity contribution is 7.92. The van der Waals surface area contributed by atoms with Gasteiger partial charge in [0.1, 0.15) is 0 Å². The lowest BCUT2D eigenvalue weighted by Crippen LogP contribution is -2.17. The molecule has 0 aliphatic carbocycles. The van der Waals surface area contributed by atoms with Crippen LogP contribution >= 0.6 is 0 Å². The predicted molar refractivity (Wildman–Crippen MR) is 84.8 cm³/mol. The molecule has 0 saturated heterocycles. The second kappa shape index (κ2) is 6.76. The zero-order chi connectivity index (χ0) is 15.3. The monoisotopic (exact) mass is 307 g/mol. The van der Waals surface area contributed by atoms with Crippen LogP contribution in [0.4, 0.5) is 5.82 Å². The van der Waals surface area contributed by atoms with Crippen LogP contribution in [0.5, 0.6) is 0 Å². The van der Waals surface area contributed by atoms with Crippen LogP contribution in [0.25, 0.3) is 0 Å². The van der Waals surface area contributed by atoms with E-state index in [9.17, 15) is 8.42 Å². The quantitative estimate of drug-likeness (QED) is 0.855. The highest BCUT2D eigenvalue weighted by Crippen LogP contribution is 2.10. The maximum Gasteiger partial charge on any atom is 0.233 e. The van der Waals surface area contributed by atoms with Gasteiger partial charge in [0.05, 0.1) is 12.3 Å². The molecule has 2 aromatic rings. The fraction of sp³-hybridized carbons (Fsp3) is 0.400. The predicted octanol–water partition coefficient (Wildman–Crippen LogP) is 2.78. The first-order valence-corrected chi connectivity index (χ1v) is 8.73. The van der Waals surface area contributed by atoms with Gasteiger partial charge in [0.15, 0.2) is 5.82 Å². The molecule has 21 heavy (non-hydrogen) atoms. The van der Waals surface area contributed by atoms with E-state index < -0.39 is 10.0 Å². The minimum Gasteiger partial charge on any atom is -0.266 e. The summed E-state index contributed by atoms with van der Waals surface area (Å²) in [6.07, 6.45) is 3.28. The molecule has 0 spiro atoms. The van der Waals surface area contributed by atoms with E-state index in [0.29, 0.717) is 18.8 Å². The molecule has 0 unspecified atom stereocenters. The van der Waals surface area contributed by atoms with Crippen molar-refractivity contribution in [2.45, 2.75) is 33.2 Å². The number of aromatic nitrogens is 2. The number of rotatable bonds is 7. The maximum atomic E-state index is 11.8. The molecular weight excluding hydrogens is 286 g/mol. The molecule has 6 heteroatoms. The topological polar surface area (TPSA) is 64.0 Å². The van der Waals surface area contributed by atoms with E-state index in [1.54, 1.807) is 16.9 Å². The van der Waals surface area contributed by atoms with Crippen LogP contribution in [0.15, 0.2) is 36.5 Å². The van der Waals surface area contributed by atoms with E-state index in [-0.39, 0.29) is 5.75 Å². The first-order chi connectivity index (χ1) is 9.98. The van der Waals surface area contributed by atoms with E-state index in [1.807, 2.05) is 38.1 Å². The summed E-state index contributed by atoms with van der Waals surface area (Å²) in [4.78, 5) is 0. The molecule has 0 fully saturated rings.